The van der Waals surface area contributed by atoms with Gasteiger partial charge in [0, 0.05) is 18.3 Å². The topological polar surface area (TPSA) is 99.9 Å². The Labute approximate surface area is 163 Å². The number of aromatic nitrogens is 2. The number of anilines is 2. The van der Waals surface area contributed by atoms with Gasteiger partial charge in [-0.1, -0.05) is 0 Å². The van der Waals surface area contributed by atoms with E-state index in [0.29, 0.717) is 10.7 Å². The monoisotopic (exact) mass is 434 g/mol. The van der Waals surface area contributed by atoms with Gasteiger partial charge in [-0.3, -0.25) is 4.72 Å². The molecule has 1 saturated heterocycles. The Morgan fingerprint density at radius 1 is 1.32 bits per heavy atom. The zero-order valence-corrected chi connectivity index (χ0v) is 16.6. The van der Waals surface area contributed by atoms with Crippen LogP contribution in [0.5, 0.6) is 0 Å². The molecule has 1 unspecified atom stereocenters. The molecule has 1 aliphatic rings. The van der Waals surface area contributed by atoms with Crippen LogP contribution in [0.4, 0.5) is 36.2 Å². The minimum Gasteiger partial charge on any atom is -0.369 e. The molecule has 1 atom stereocenters. The number of rotatable bonds is 5. The van der Waals surface area contributed by atoms with Gasteiger partial charge < -0.3 is 4.90 Å². The Kier molecular flexibility index (Phi) is 5.57. The number of aryl methyl sites for hydroxylation is 1. The third kappa shape index (κ3) is 4.41. The van der Waals surface area contributed by atoms with Gasteiger partial charge in [0.2, 0.25) is 0 Å². The van der Waals surface area contributed by atoms with Crippen LogP contribution in [0.2, 0.25) is 0 Å². The van der Waals surface area contributed by atoms with E-state index in [1.54, 1.807) is 17.7 Å². The van der Waals surface area contributed by atoms with E-state index in [2.05, 4.69) is 19.6 Å². The minimum atomic E-state index is -5.61. The second kappa shape index (κ2) is 7.62. The first kappa shape index (κ1) is 20.5. The number of hydrogen-bond donors (Lipinski definition) is 1. The Hall–Kier alpha value is -2.28. The number of azo groups is 1. The average Bonchev–Trinajstić information content (AvgIpc) is 3.20. The van der Waals surface area contributed by atoms with Gasteiger partial charge in [-0.25, -0.2) is 4.98 Å². The highest BCUT2D eigenvalue weighted by atomic mass is 32.2. The highest BCUT2D eigenvalue weighted by Crippen LogP contribution is 2.36. The number of benzene rings is 1. The first-order valence-electron chi connectivity index (χ1n) is 8.28. The van der Waals surface area contributed by atoms with E-state index in [1.807, 2.05) is 11.8 Å². The van der Waals surface area contributed by atoms with Crippen LogP contribution in [0.1, 0.15) is 24.8 Å². The number of hydrogen-bond acceptors (Lipinski definition) is 8. The lowest BCUT2D eigenvalue weighted by Gasteiger charge is -2.24. The lowest BCUT2D eigenvalue weighted by atomic mass is 10.2. The lowest BCUT2D eigenvalue weighted by molar-refractivity contribution is -0.0429. The number of alkyl halides is 3. The van der Waals surface area contributed by atoms with Crippen molar-refractivity contribution >= 4 is 44.6 Å². The number of halogens is 3. The zero-order chi connectivity index (χ0) is 20.5. The van der Waals surface area contributed by atoms with Crippen molar-refractivity contribution in [2.24, 2.45) is 10.2 Å². The van der Waals surface area contributed by atoms with Crippen molar-refractivity contribution < 1.29 is 21.6 Å². The van der Waals surface area contributed by atoms with E-state index in [9.17, 15) is 21.6 Å². The van der Waals surface area contributed by atoms with Crippen LogP contribution in [-0.2, 0) is 10.0 Å². The molecule has 1 aromatic heterocycles. The summed E-state index contributed by atoms with van der Waals surface area (Å²) in [5, 5.41) is 8.26. The first-order valence-corrected chi connectivity index (χ1v) is 10.5. The normalized spacial score (nSPS) is 18.2. The van der Waals surface area contributed by atoms with Crippen LogP contribution in [0.3, 0.4) is 0 Å². The molecule has 1 aliphatic heterocycles. The van der Waals surface area contributed by atoms with Crippen molar-refractivity contribution in [1.29, 1.82) is 0 Å². The van der Waals surface area contributed by atoms with E-state index in [0.717, 1.165) is 30.9 Å². The summed E-state index contributed by atoms with van der Waals surface area (Å²) in [5.74, 6) is 0.0457. The molecule has 1 aromatic carbocycles. The summed E-state index contributed by atoms with van der Waals surface area (Å²) in [6.45, 7) is 4.44. The second-order valence-electron chi connectivity index (χ2n) is 6.25. The van der Waals surface area contributed by atoms with Crippen LogP contribution < -0.4 is 9.62 Å². The van der Waals surface area contributed by atoms with Gasteiger partial charge in [0.15, 0.2) is 0 Å². The fourth-order valence-electron chi connectivity index (χ4n) is 2.82. The lowest BCUT2D eigenvalue weighted by Crippen LogP contribution is -2.30. The quantitative estimate of drug-likeness (QED) is 0.698. The highest BCUT2D eigenvalue weighted by molar-refractivity contribution is 7.93. The van der Waals surface area contributed by atoms with Gasteiger partial charge in [0.25, 0.3) is 5.95 Å². The molecule has 2 heterocycles. The molecule has 0 radical (unpaired) electrons. The van der Waals surface area contributed by atoms with Gasteiger partial charge in [-0.2, -0.15) is 26.0 Å². The smallest absolute Gasteiger partial charge is 0.369 e. The van der Waals surface area contributed by atoms with Gasteiger partial charge >= 0.3 is 15.5 Å². The fraction of sp³-hybridized carbons (Fsp3) is 0.467. The summed E-state index contributed by atoms with van der Waals surface area (Å²) < 4.78 is 67.2. The van der Waals surface area contributed by atoms with Gasteiger partial charge in [-0.05, 0) is 56.4 Å². The largest absolute Gasteiger partial charge is 0.516 e. The SMILES string of the molecule is Cc1nc(N=Nc2ccc(N3CCCC3C)cc2NS(=O)(=O)C(F)(F)F)ns1. The zero-order valence-electron chi connectivity index (χ0n) is 14.9. The van der Waals surface area contributed by atoms with Crippen LogP contribution in [0.15, 0.2) is 28.4 Å². The van der Waals surface area contributed by atoms with Crippen molar-refractivity contribution in [3.8, 4) is 0 Å². The van der Waals surface area contributed by atoms with E-state index >= 15 is 0 Å². The van der Waals surface area contributed by atoms with Crippen LogP contribution in [0, 0.1) is 6.92 Å². The van der Waals surface area contributed by atoms with E-state index in [1.165, 1.54) is 12.1 Å². The van der Waals surface area contributed by atoms with Crippen molar-refractivity contribution in [3.05, 3.63) is 23.2 Å². The standard InChI is InChI=1S/C15H17F3N6O2S2/c1-9-4-3-7-24(9)11-5-6-12(20-21-14-19-10(2)27-22-14)13(8-11)23-28(25,26)15(16,17)18/h5-6,8-9,23H,3-4,7H2,1-2H3. The second-order valence-corrected chi connectivity index (χ2v) is 8.88. The van der Waals surface area contributed by atoms with Crippen LogP contribution in [-0.4, -0.2) is 35.9 Å². The number of nitrogens with zero attached hydrogens (tertiary/aromatic N) is 5. The molecule has 0 bridgehead atoms. The minimum absolute atomic E-state index is 0.0457. The van der Waals surface area contributed by atoms with E-state index in [4.69, 9.17) is 0 Å². The molecule has 1 N–H and O–H groups in total. The summed E-state index contributed by atoms with van der Waals surface area (Å²) in [6.07, 6.45) is 1.89. The Balaban J connectivity index is 1.99. The maximum absolute atomic E-state index is 12.8. The molecule has 152 valence electrons. The van der Waals surface area contributed by atoms with Gasteiger partial charge in [0.05, 0.1) is 5.69 Å². The molecule has 13 heteroatoms. The molecule has 0 amide bonds. The molecule has 3 rings (SSSR count). The predicted molar refractivity (Wildman–Crippen MR) is 99.9 cm³/mol. The van der Waals surface area contributed by atoms with Crippen molar-refractivity contribution in [3.63, 3.8) is 0 Å². The van der Waals surface area contributed by atoms with E-state index in [-0.39, 0.29) is 23.4 Å². The maximum Gasteiger partial charge on any atom is 0.516 e. The molecular formula is C15H17F3N6O2S2. The summed E-state index contributed by atoms with van der Waals surface area (Å²) in [5.41, 5.74) is -5.24. The Morgan fingerprint density at radius 2 is 2.07 bits per heavy atom. The Bertz CT molecular complexity index is 990. The molecule has 1 fully saturated rings. The van der Waals surface area contributed by atoms with Crippen LogP contribution in [0.25, 0.3) is 0 Å². The molecule has 8 nitrogen and oxygen atoms in total. The maximum atomic E-state index is 12.8. The summed E-state index contributed by atoms with van der Waals surface area (Å²) in [6, 6.07) is 4.61. The van der Waals surface area contributed by atoms with Crippen molar-refractivity contribution in [2.75, 3.05) is 16.2 Å². The third-order valence-corrected chi connectivity index (χ3v) is 5.89. The molecule has 2 aromatic rings. The highest BCUT2D eigenvalue weighted by Gasteiger charge is 2.46. The molecule has 0 aliphatic carbocycles. The number of nitrogens with one attached hydrogen (secondary N) is 1. The molecular weight excluding hydrogens is 417 g/mol. The molecule has 0 saturated carbocycles. The van der Waals surface area contributed by atoms with Gasteiger partial charge in [-0.15, -0.1) is 10.2 Å². The molecule has 0 spiro atoms. The average molecular weight is 434 g/mol. The first-order chi connectivity index (χ1) is 13.1. The summed E-state index contributed by atoms with van der Waals surface area (Å²) >= 11 is 1.09. The predicted octanol–water partition coefficient (Wildman–Crippen LogP) is 4.51. The third-order valence-electron chi connectivity index (χ3n) is 4.18. The van der Waals surface area contributed by atoms with Crippen molar-refractivity contribution in [1.82, 2.24) is 9.36 Å². The number of sulfonamides is 1. The van der Waals surface area contributed by atoms with Gasteiger partial charge in [0.1, 0.15) is 10.7 Å². The van der Waals surface area contributed by atoms with Crippen LogP contribution >= 0.6 is 11.5 Å². The Morgan fingerprint density at radius 3 is 2.64 bits per heavy atom. The summed E-state index contributed by atoms with van der Waals surface area (Å²) in [4.78, 5) is 5.98. The van der Waals surface area contributed by atoms with E-state index < -0.39 is 15.5 Å². The fourth-order valence-corrected chi connectivity index (χ4v) is 3.80. The van der Waals surface area contributed by atoms with Crippen molar-refractivity contribution in [2.45, 2.75) is 38.2 Å². The molecule has 28 heavy (non-hydrogen) atoms. The summed E-state index contributed by atoms with van der Waals surface area (Å²) in [7, 11) is -5.61.